The van der Waals surface area contributed by atoms with E-state index in [2.05, 4.69) is 13.2 Å². The van der Waals surface area contributed by atoms with E-state index in [-0.39, 0.29) is 0 Å². The smallest absolute Gasteiger partial charge is 0.0187 e. The van der Waals surface area contributed by atoms with Crippen LogP contribution < -0.4 is 10.4 Å². The van der Waals surface area contributed by atoms with Crippen LogP contribution in [-0.4, -0.2) is 0 Å². The topological polar surface area (TPSA) is 0 Å². The largest absolute Gasteiger partial charge is 0.0912 e. The summed E-state index contributed by atoms with van der Waals surface area (Å²) in [7, 11) is 0. The van der Waals surface area contributed by atoms with Crippen molar-refractivity contribution in [3.63, 3.8) is 0 Å². The van der Waals surface area contributed by atoms with Gasteiger partial charge in [-0.2, -0.15) is 0 Å². The van der Waals surface area contributed by atoms with Gasteiger partial charge in [-0.25, -0.2) is 0 Å². The SMILES string of the molecule is C=c1cccc(/C=C\C)c1=C. The highest BCUT2D eigenvalue weighted by atomic mass is 13.9. The zero-order chi connectivity index (χ0) is 8.27. The van der Waals surface area contributed by atoms with Crippen molar-refractivity contribution in [3.8, 4) is 0 Å². The lowest BCUT2D eigenvalue weighted by molar-refractivity contribution is 1.50. The number of hydrogen-bond acceptors (Lipinski definition) is 0. The molecule has 0 aromatic heterocycles. The van der Waals surface area contributed by atoms with E-state index in [1.807, 2.05) is 37.3 Å². The second-order valence-corrected chi connectivity index (χ2v) is 2.48. The molecule has 0 radical (unpaired) electrons. The standard InChI is InChI=1S/C11H12/c1-4-6-11-8-5-7-9(2)10(11)3/h4-8H,2-3H2,1H3/b6-4-. The molecule has 0 heteroatoms. The first-order valence-electron chi connectivity index (χ1n) is 3.65. The molecule has 56 valence electrons. The van der Waals surface area contributed by atoms with Crippen molar-refractivity contribution in [1.82, 2.24) is 0 Å². The molecule has 1 aromatic rings. The van der Waals surface area contributed by atoms with Crippen molar-refractivity contribution in [2.45, 2.75) is 6.92 Å². The number of benzene rings is 1. The number of allylic oxidation sites excluding steroid dienone is 1. The van der Waals surface area contributed by atoms with Crippen molar-refractivity contribution in [2.75, 3.05) is 0 Å². The third-order valence-corrected chi connectivity index (χ3v) is 1.66. The highest BCUT2D eigenvalue weighted by molar-refractivity contribution is 5.50. The molecule has 0 spiro atoms. The zero-order valence-electron chi connectivity index (χ0n) is 6.80. The first-order valence-corrected chi connectivity index (χ1v) is 3.65. The van der Waals surface area contributed by atoms with Crippen LogP contribution in [0.15, 0.2) is 24.3 Å². The molecule has 0 nitrogen and oxygen atoms in total. The average Bonchev–Trinajstić information content (AvgIpc) is 1.99. The van der Waals surface area contributed by atoms with Crippen LogP contribution in [0.4, 0.5) is 0 Å². The van der Waals surface area contributed by atoms with Gasteiger partial charge >= 0.3 is 0 Å². The van der Waals surface area contributed by atoms with Gasteiger partial charge < -0.3 is 0 Å². The van der Waals surface area contributed by atoms with Crippen LogP contribution in [0.25, 0.3) is 19.2 Å². The van der Waals surface area contributed by atoms with Crippen LogP contribution in [0.1, 0.15) is 12.5 Å². The van der Waals surface area contributed by atoms with Gasteiger partial charge in [0, 0.05) is 0 Å². The summed E-state index contributed by atoms with van der Waals surface area (Å²) in [5.74, 6) is 0. The van der Waals surface area contributed by atoms with Gasteiger partial charge in [-0.3, -0.25) is 0 Å². The Morgan fingerprint density at radius 2 is 2.00 bits per heavy atom. The molecule has 0 N–H and O–H groups in total. The third kappa shape index (κ3) is 1.58. The Kier molecular flexibility index (Phi) is 2.27. The normalized spacial score (nSPS) is 10.6. The van der Waals surface area contributed by atoms with E-state index in [1.165, 1.54) is 0 Å². The van der Waals surface area contributed by atoms with Gasteiger partial charge in [0.2, 0.25) is 0 Å². The van der Waals surface area contributed by atoms with Crippen LogP contribution in [-0.2, 0) is 0 Å². The summed E-state index contributed by atoms with van der Waals surface area (Å²) in [6.07, 6.45) is 4.04. The maximum absolute atomic E-state index is 3.92. The van der Waals surface area contributed by atoms with Crippen LogP contribution >= 0.6 is 0 Å². The fourth-order valence-corrected chi connectivity index (χ4v) is 0.990. The molecular weight excluding hydrogens is 132 g/mol. The van der Waals surface area contributed by atoms with Crippen LogP contribution in [0.2, 0.25) is 0 Å². The minimum Gasteiger partial charge on any atom is -0.0912 e. The van der Waals surface area contributed by atoms with Gasteiger partial charge in [-0.1, -0.05) is 43.5 Å². The molecule has 11 heavy (non-hydrogen) atoms. The van der Waals surface area contributed by atoms with Gasteiger partial charge in [0.15, 0.2) is 0 Å². The van der Waals surface area contributed by atoms with Crippen molar-refractivity contribution < 1.29 is 0 Å². The molecule has 0 heterocycles. The summed E-state index contributed by atoms with van der Waals surface area (Å²) in [6.45, 7) is 9.79. The summed E-state index contributed by atoms with van der Waals surface area (Å²) in [4.78, 5) is 0. The summed E-state index contributed by atoms with van der Waals surface area (Å²) >= 11 is 0. The van der Waals surface area contributed by atoms with Gasteiger partial charge in [0.1, 0.15) is 0 Å². The van der Waals surface area contributed by atoms with Gasteiger partial charge in [0.05, 0.1) is 0 Å². The summed E-state index contributed by atoms with van der Waals surface area (Å²) < 4.78 is 0. The molecular formula is C11H12. The Morgan fingerprint density at radius 1 is 1.27 bits per heavy atom. The van der Waals surface area contributed by atoms with Crippen molar-refractivity contribution in [3.05, 3.63) is 40.3 Å². The number of rotatable bonds is 1. The van der Waals surface area contributed by atoms with Gasteiger partial charge in [-0.05, 0) is 22.9 Å². The number of hydrogen-bond donors (Lipinski definition) is 0. The molecule has 1 aromatic carbocycles. The summed E-state index contributed by atoms with van der Waals surface area (Å²) in [5, 5.41) is 2.02. The molecule has 0 aliphatic rings. The van der Waals surface area contributed by atoms with E-state index in [0.29, 0.717) is 0 Å². The molecule has 0 aliphatic heterocycles. The molecule has 0 aliphatic carbocycles. The quantitative estimate of drug-likeness (QED) is 0.561. The average molecular weight is 144 g/mol. The molecule has 0 bridgehead atoms. The predicted molar refractivity (Wildman–Crippen MR) is 51.4 cm³/mol. The lowest BCUT2D eigenvalue weighted by Crippen LogP contribution is -2.23. The third-order valence-electron chi connectivity index (χ3n) is 1.66. The second kappa shape index (κ2) is 3.20. The maximum atomic E-state index is 3.92. The Hall–Kier alpha value is -1.30. The minimum absolute atomic E-state index is 1.00. The van der Waals surface area contributed by atoms with Crippen molar-refractivity contribution >= 4 is 19.2 Å². The Labute approximate surface area is 67.2 Å². The Morgan fingerprint density at radius 3 is 2.64 bits per heavy atom. The molecule has 0 saturated heterocycles. The zero-order valence-corrected chi connectivity index (χ0v) is 6.80. The van der Waals surface area contributed by atoms with E-state index in [4.69, 9.17) is 0 Å². The Balaban J connectivity index is 3.40. The monoisotopic (exact) mass is 144 g/mol. The Bertz CT molecular complexity index is 358. The van der Waals surface area contributed by atoms with E-state index in [1.54, 1.807) is 0 Å². The highest BCUT2D eigenvalue weighted by Gasteiger charge is 1.85. The predicted octanol–water partition coefficient (Wildman–Crippen LogP) is 1.54. The first-order chi connectivity index (χ1) is 5.25. The van der Waals surface area contributed by atoms with Gasteiger partial charge in [-0.15, -0.1) is 0 Å². The fraction of sp³-hybridized carbons (Fsp3) is 0.0909. The van der Waals surface area contributed by atoms with E-state index >= 15 is 0 Å². The lowest BCUT2D eigenvalue weighted by atomic mass is 10.1. The molecule has 1 rings (SSSR count). The summed E-state index contributed by atoms with van der Waals surface area (Å²) in [5.41, 5.74) is 1.15. The van der Waals surface area contributed by atoms with Crippen molar-refractivity contribution in [2.24, 2.45) is 0 Å². The van der Waals surface area contributed by atoms with E-state index < -0.39 is 0 Å². The van der Waals surface area contributed by atoms with E-state index in [0.717, 1.165) is 16.0 Å². The second-order valence-electron chi connectivity index (χ2n) is 2.48. The van der Waals surface area contributed by atoms with E-state index in [9.17, 15) is 0 Å². The van der Waals surface area contributed by atoms with Crippen LogP contribution in [0.5, 0.6) is 0 Å². The molecule has 0 saturated carbocycles. The highest BCUT2D eigenvalue weighted by Crippen LogP contribution is 1.90. The van der Waals surface area contributed by atoms with Crippen molar-refractivity contribution in [1.29, 1.82) is 0 Å². The van der Waals surface area contributed by atoms with Gasteiger partial charge in [0.25, 0.3) is 0 Å². The molecule has 0 unspecified atom stereocenters. The van der Waals surface area contributed by atoms with Crippen LogP contribution in [0, 0.1) is 0 Å². The molecule has 0 amide bonds. The minimum atomic E-state index is 1.00. The first kappa shape index (κ1) is 7.80. The fourth-order valence-electron chi connectivity index (χ4n) is 0.990. The maximum Gasteiger partial charge on any atom is -0.0187 e. The van der Waals surface area contributed by atoms with Crippen LogP contribution in [0.3, 0.4) is 0 Å². The lowest BCUT2D eigenvalue weighted by Gasteiger charge is -1.92. The molecule has 0 atom stereocenters. The summed E-state index contributed by atoms with van der Waals surface area (Å²) in [6, 6.07) is 6.00. The molecule has 0 fully saturated rings.